The molecule has 3 nitrogen and oxygen atoms in total. The average Bonchev–Trinajstić information content (AvgIpc) is 2.76. The maximum absolute atomic E-state index is 11.5. The maximum atomic E-state index is 11.5. The van der Waals surface area contributed by atoms with Gasteiger partial charge >= 0.3 is 6.09 Å². The molecule has 1 fully saturated rings. The van der Waals surface area contributed by atoms with Gasteiger partial charge in [0.2, 0.25) is 0 Å². The lowest BCUT2D eigenvalue weighted by Crippen LogP contribution is -2.34. The second kappa shape index (κ2) is 3.54. The minimum atomic E-state index is -0.400. The Morgan fingerprint density at radius 3 is 2.27 bits per heavy atom. The van der Waals surface area contributed by atoms with E-state index in [-0.39, 0.29) is 6.09 Å². The van der Waals surface area contributed by atoms with E-state index in [4.69, 9.17) is 4.74 Å². The first-order valence-corrected chi connectivity index (χ1v) is 5.62. The number of carbonyl (C=O) groups is 1. The highest BCUT2D eigenvalue weighted by Gasteiger charge is 2.50. The summed E-state index contributed by atoms with van der Waals surface area (Å²) in [6.45, 7) is 5.65. The third-order valence-electron chi connectivity index (χ3n) is 3.00. The molecule has 1 N–H and O–H groups in total. The molecule has 0 aromatic rings. The van der Waals surface area contributed by atoms with Crippen molar-refractivity contribution in [2.75, 3.05) is 0 Å². The van der Waals surface area contributed by atoms with Gasteiger partial charge in [0.05, 0.1) is 0 Å². The van der Waals surface area contributed by atoms with Crippen LogP contribution < -0.4 is 5.32 Å². The van der Waals surface area contributed by atoms with E-state index in [1.54, 1.807) is 0 Å². The number of amides is 1. The number of alkyl carbamates (subject to hydrolysis) is 1. The average molecular weight is 209 g/mol. The van der Waals surface area contributed by atoms with Crippen LogP contribution in [0.4, 0.5) is 4.79 Å². The van der Waals surface area contributed by atoms with Crippen molar-refractivity contribution in [3.63, 3.8) is 0 Å². The van der Waals surface area contributed by atoms with Crippen LogP contribution in [-0.2, 0) is 4.74 Å². The van der Waals surface area contributed by atoms with E-state index in [0.29, 0.717) is 17.9 Å². The molecule has 2 aliphatic rings. The van der Waals surface area contributed by atoms with Gasteiger partial charge in [-0.3, -0.25) is 0 Å². The smallest absolute Gasteiger partial charge is 0.407 e. The van der Waals surface area contributed by atoms with Gasteiger partial charge in [-0.2, -0.15) is 0 Å². The molecule has 0 heterocycles. The van der Waals surface area contributed by atoms with Gasteiger partial charge in [0.25, 0.3) is 0 Å². The molecule has 0 aliphatic heterocycles. The first-order valence-electron chi connectivity index (χ1n) is 5.62. The Kier molecular flexibility index (Phi) is 2.49. The van der Waals surface area contributed by atoms with Gasteiger partial charge in [-0.15, -0.1) is 0 Å². The van der Waals surface area contributed by atoms with Gasteiger partial charge in [-0.1, -0.05) is 12.2 Å². The molecule has 1 amide bonds. The van der Waals surface area contributed by atoms with Gasteiger partial charge in [0, 0.05) is 6.04 Å². The fourth-order valence-corrected chi connectivity index (χ4v) is 2.25. The van der Waals surface area contributed by atoms with E-state index < -0.39 is 5.60 Å². The zero-order valence-corrected chi connectivity index (χ0v) is 9.62. The standard InChI is InChI=1S/C12H19NO2/c1-12(2,3)15-11(14)13-10-8-6-4-5-7-9(8)10/h4-5,8-10H,6-7H2,1-3H3,(H,13,14)/t8-,9-/m1/s1. The summed E-state index contributed by atoms with van der Waals surface area (Å²) in [6.07, 6.45) is 6.34. The SMILES string of the molecule is CC(C)(C)OC(=O)NC1[C@@H]2CC=CC[C@@H]12. The van der Waals surface area contributed by atoms with Crippen LogP contribution in [0.25, 0.3) is 0 Å². The lowest BCUT2D eigenvalue weighted by atomic mass is 10.1. The highest BCUT2D eigenvalue weighted by atomic mass is 16.6. The van der Waals surface area contributed by atoms with Crippen LogP contribution in [0.2, 0.25) is 0 Å². The number of allylic oxidation sites excluding steroid dienone is 2. The molecule has 0 bridgehead atoms. The van der Waals surface area contributed by atoms with E-state index >= 15 is 0 Å². The molecule has 3 heteroatoms. The van der Waals surface area contributed by atoms with Crippen molar-refractivity contribution in [2.24, 2.45) is 11.8 Å². The normalized spacial score (nSPS) is 33.1. The van der Waals surface area contributed by atoms with Crippen LogP contribution in [0, 0.1) is 11.8 Å². The molecular weight excluding hydrogens is 190 g/mol. The summed E-state index contributed by atoms with van der Waals surface area (Å²) in [5.74, 6) is 1.31. The third-order valence-corrected chi connectivity index (χ3v) is 3.00. The van der Waals surface area contributed by atoms with Gasteiger partial charge in [0.15, 0.2) is 0 Å². The molecule has 0 aromatic heterocycles. The van der Waals surface area contributed by atoms with E-state index in [9.17, 15) is 4.79 Å². The van der Waals surface area contributed by atoms with Crippen molar-refractivity contribution in [1.29, 1.82) is 0 Å². The first kappa shape index (κ1) is 10.5. The Morgan fingerprint density at radius 2 is 1.80 bits per heavy atom. The molecule has 0 radical (unpaired) electrons. The van der Waals surface area contributed by atoms with Crippen LogP contribution in [0.5, 0.6) is 0 Å². The summed E-state index contributed by atoms with van der Waals surface area (Å²) in [7, 11) is 0. The minimum absolute atomic E-state index is 0.276. The highest BCUT2D eigenvalue weighted by molar-refractivity contribution is 5.68. The fourth-order valence-electron chi connectivity index (χ4n) is 2.25. The monoisotopic (exact) mass is 209 g/mol. The molecule has 1 saturated carbocycles. The van der Waals surface area contributed by atoms with Gasteiger partial charge in [0.1, 0.15) is 5.60 Å². The lowest BCUT2D eigenvalue weighted by molar-refractivity contribution is 0.0519. The van der Waals surface area contributed by atoms with Crippen molar-refractivity contribution in [3.8, 4) is 0 Å². The molecule has 2 aliphatic carbocycles. The van der Waals surface area contributed by atoms with Crippen LogP contribution in [0.15, 0.2) is 12.2 Å². The van der Waals surface area contributed by atoms with Crippen LogP contribution >= 0.6 is 0 Å². The lowest BCUT2D eigenvalue weighted by Gasteiger charge is -2.19. The second-order valence-electron chi connectivity index (χ2n) is 5.44. The summed E-state index contributed by atoms with van der Waals surface area (Å²) >= 11 is 0. The summed E-state index contributed by atoms with van der Waals surface area (Å²) in [4.78, 5) is 11.5. The third kappa shape index (κ3) is 2.52. The van der Waals surface area contributed by atoms with E-state index in [1.165, 1.54) is 0 Å². The van der Waals surface area contributed by atoms with E-state index in [2.05, 4.69) is 17.5 Å². The van der Waals surface area contributed by atoms with Gasteiger partial charge in [-0.25, -0.2) is 4.79 Å². The number of nitrogens with one attached hydrogen (secondary N) is 1. The largest absolute Gasteiger partial charge is 0.444 e. The second-order valence-corrected chi connectivity index (χ2v) is 5.44. The Hall–Kier alpha value is -0.990. The van der Waals surface area contributed by atoms with Crippen molar-refractivity contribution in [3.05, 3.63) is 12.2 Å². The quantitative estimate of drug-likeness (QED) is 0.674. The number of carbonyl (C=O) groups excluding carboxylic acids is 1. The molecule has 84 valence electrons. The minimum Gasteiger partial charge on any atom is -0.444 e. The van der Waals surface area contributed by atoms with Crippen LogP contribution in [-0.4, -0.2) is 17.7 Å². The number of rotatable bonds is 1. The number of hydrogen-bond acceptors (Lipinski definition) is 2. The number of hydrogen-bond donors (Lipinski definition) is 1. The fraction of sp³-hybridized carbons (Fsp3) is 0.750. The predicted molar refractivity (Wildman–Crippen MR) is 58.5 cm³/mol. The van der Waals surface area contributed by atoms with Gasteiger partial charge < -0.3 is 10.1 Å². The van der Waals surface area contributed by atoms with E-state index in [1.807, 2.05) is 20.8 Å². The maximum Gasteiger partial charge on any atom is 0.407 e. The zero-order chi connectivity index (χ0) is 11.1. The Bertz CT molecular complexity index is 276. The van der Waals surface area contributed by atoms with Gasteiger partial charge in [-0.05, 0) is 45.4 Å². The molecule has 2 atom stereocenters. The molecule has 2 rings (SSSR count). The zero-order valence-electron chi connectivity index (χ0n) is 9.62. The Labute approximate surface area is 90.9 Å². The molecule has 0 aromatic carbocycles. The van der Waals surface area contributed by atoms with Crippen molar-refractivity contribution < 1.29 is 9.53 Å². The summed E-state index contributed by atoms with van der Waals surface area (Å²) in [5, 5.41) is 2.95. The highest BCUT2D eigenvalue weighted by Crippen LogP contribution is 2.47. The predicted octanol–water partition coefficient (Wildman–Crippen LogP) is 2.48. The molecular formula is C12H19NO2. The molecule has 0 spiro atoms. The Balaban J connectivity index is 1.78. The van der Waals surface area contributed by atoms with E-state index in [0.717, 1.165) is 12.8 Å². The first-order chi connectivity index (χ1) is 6.97. The number of fused-ring (bicyclic) bond motifs is 1. The summed E-state index contributed by atoms with van der Waals surface area (Å²) in [6, 6.07) is 0.342. The molecule has 15 heavy (non-hydrogen) atoms. The van der Waals surface area contributed by atoms with Crippen molar-refractivity contribution >= 4 is 6.09 Å². The van der Waals surface area contributed by atoms with Crippen molar-refractivity contribution in [2.45, 2.75) is 45.3 Å². The summed E-state index contributed by atoms with van der Waals surface area (Å²) in [5.41, 5.74) is -0.400. The summed E-state index contributed by atoms with van der Waals surface area (Å²) < 4.78 is 5.22. The number of ether oxygens (including phenoxy) is 1. The molecule has 0 unspecified atom stereocenters. The van der Waals surface area contributed by atoms with Crippen molar-refractivity contribution in [1.82, 2.24) is 5.32 Å². The van der Waals surface area contributed by atoms with Crippen LogP contribution in [0.3, 0.4) is 0 Å². The van der Waals surface area contributed by atoms with Crippen LogP contribution in [0.1, 0.15) is 33.6 Å². The Morgan fingerprint density at radius 1 is 1.27 bits per heavy atom. The topological polar surface area (TPSA) is 38.3 Å². The molecule has 0 saturated heterocycles.